The molecule has 0 aromatic heterocycles. The lowest BCUT2D eigenvalue weighted by molar-refractivity contribution is -0.870. The van der Waals surface area contributed by atoms with Crippen LogP contribution in [-0.2, 0) is 9.59 Å². The molecule has 4 nitrogen and oxygen atoms in total. The minimum Gasteiger partial charge on any atom is -0.331 e. The van der Waals surface area contributed by atoms with Crippen molar-refractivity contribution in [2.45, 2.75) is 26.7 Å². The highest BCUT2D eigenvalue weighted by atomic mass is 16.2. The SMILES string of the molecule is CC1=CC(C)[C@H]2C(=O)N(CCC[N+](C)(C)C)C(=O)[C@H]2C1. The van der Waals surface area contributed by atoms with E-state index in [1.54, 1.807) is 0 Å². The molecule has 1 fully saturated rings. The summed E-state index contributed by atoms with van der Waals surface area (Å²) in [7, 11) is 6.38. The Hall–Kier alpha value is -1.16. The molecule has 2 aliphatic rings. The Labute approximate surface area is 122 Å². The molecule has 0 aromatic rings. The fraction of sp³-hybridized carbons (Fsp3) is 0.750. The first kappa shape index (κ1) is 15.2. The van der Waals surface area contributed by atoms with Crippen LogP contribution in [0.25, 0.3) is 0 Å². The highest BCUT2D eigenvalue weighted by Crippen LogP contribution is 2.40. The van der Waals surface area contributed by atoms with Crippen molar-refractivity contribution >= 4 is 11.8 Å². The maximum absolute atomic E-state index is 12.5. The Bertz CT molecular complexity index is 448. The zero-order chi connectivity index (χ0) is 15.1. The van der Waals surface area contributed by atoms with E-state index >= 15 is 0 Å². The molecule has 1 aliphatic carbocycles. The van der Waals surface area contributed by atoms with Gasteiger partial charge in [0, 0.05) is 13.0 Å². The molecule has 4 heteroatoms. The molecule has 0 N–H and O–H groups in total. The number of fused-ring (bicyclic) bond motifs is 1. The lowest BCUT2D eigenvalue weighted by Crippen LogP contribution is -2.39. The van der Waals surface area contributed by atoms with Crippen LogP contribution in [0.1, 0.15) is 26.7 Å². The van der Waals surface area contributed by atoms with Crippen molar-refractivity contribution in [1.82, 2.24) is 4.90 Å². The molecule has 1 heterocycles. The van der Waals surface area contributed by atoms with Crippen LogP contribution in [0.3, 0.4) is 0 Å². The van der Waals surface area contributed by atoms with E-state index in [1.807, 2.05) is 0 Å². The van der Waals surface area contributed by atoms with Crippen LogP contribution in [0.15, 0.2) is 11.6 Å². The summed E-state index contributed by atoms with van der Waals surface area (Å²) in [5.74, 6) is 0.0777. The first-order valence-electron chi connectivity index (χ1n) is 7.53. The Morgan fingerprint density at radius 2 is 1.90 bits per heavy atom. The fourth-order valence-corrected chi connectivity index (χ4v) is 3.51. The summed E-state index contributed by atoms with van der Waals surface area (Å²) in [4.78, 5) is 26.5. The summed E-state index contributed by atoms with van der Waals surface area (Å²) in [6.07, 6.45) is 3.79. The van der Waals surface area contributed by atoms with Crippen LogP contribution in [0.2, 0.25) is 0 Å². The highest BCUT2D eigenvalue weighted by Gasteiger charge is 2.50. The topological polar surface area (TPSA) is 37.4 Å². The molecule has 3 atom stereocenters. The van der Waals surface area contributed by atoms with Crippen molar-refractivity contribution < 1.29 is 14.1 Å². The number of quaternary nitrogens is 1. The van der Waals surface area contributed by atoms with Crippen LogP contribution in [0.4, 0.5) is 0 Å². The molecule has 2 rings (SSSR count). The minimum absolute atomic E-state index is 0.0534. The van der Waals surface area contributed by atoms with E-state index in [0.29, 0.717) is 6.54 Å². The van der Waals surface area contributed by atoms with Crippen molar-refractivity contribution in [3.8, 4) is 0 Å². The Morgan fingerprint density at radius 3 is 2.50 bits per heavy atom. The summed E-state index contributed by atoms with van der Waals surface area (Å²) >= 11 is 0. The number of carbonyl (C=O) groups is 2. The second kappa shape index (κ2) is 5.32. The summed E-state index contributed by atoms with van der Waals surface area (Å²) in [5, 5.41) is 0. The summed E-state index contributed by atoms with van der Waals surface area (Å²) < 4.78 is 0.861. The second-order valence-electron chi connectivity index (χ2n) is 7.40. The molecule has 0 saturated carbocycles. The summed E-state index contributed by atoms with van der Waals surface area (Å²) in [6, 6.07) is 0. The number of rotatable bonds is 4. The van der Waals surface area contributed by atoms with E-state index in [4.69, 9.17) is 0 Å². The Balaban J connectivity index is 2.04. The standard InChI is InChI=1S/C16H27N2O2/c1-11-9-12(2)14-13(10-11)15(19)17(16(14)20)7-6-8-18(3,4)5/h9,12-14H,6-8,10H2,1-5H3/q+1/t12?,13-,14+/m0/s1. The molecular weight excluding hydrogens is 252 g/mol. The first-order chi connectivity index (χ1) is 9.20. The van der Waals surface area contributed by atoms with E-state index in [2.05, 4.69) is 41.1 Å². The van der Waals surface area contributed by atoms with Crippen molar-refractivity contribution in [2.75, 3.05) is 34.2 Å². The second-order valence-corrected chi connectivity index (χ2v) is 7.40. The van der Waals surface area contributed by atoms with Crippen LogP contribution in [0, 0.1) is 17.8 Å². The van der Waals surface area contributed by atoms with Gasteiger partial charge in [-0.05, 0) is 19.3 Å². The van der Waals surface area contributed by atoms with Gasteiger partial charge in [0.1, 0.15) is 0 Å². The fourth-order valence-electron chi connectivity index (χ4n) is 3.51. The number of nitrogens with zero attached hydrogens (tertiary/aromatic N) is 2. The molecule has 1 saturated heterocycles. The number of hydrogen-bond donors (Lipinski definition) is 0. The number of likely N-dealkylation sites (tertiary alicyclic amines) is 1. The number of carbonyl (C=O) groups excluding carboxylic acids is 2. The van der Waals surface area contributed by atoms with Crippen molar-refractivity contribution in [3.63, 3.8) is 0 Å². The van der Waals surface area contributed by atoms with Gasteiger partial charge < -0.3 is 4.48 Å². The third kappa shape index (κ3) is 2.95. The number of allylic oxidation sites excluding steroid dienone is 2. The third-order valence-electron chi connectivity index (χ3n) is 4.43. The molecule has 0 bridgehead atoms. The highest BCUT2D eigenvalue weighted by molar-refractivity contribution is 6.05. The van der Waals surface area contributed by atoms with Crippen molar-refractivity contribution in [2.24, 2.45) is 17.8 Å². The van der Waals surface area contributed by atoms with Gasteiger partial charge >= 0.3 is 0 Å². The van der Waals surface area contributed by atoms with E-state index in [1.165, 1.54) is 10.5 Å². The van der Waals surface area contributed by atoms with E-state index in [-0.39, 0.29) is 29.6 Å². The monoisotopic (exact) mass is 279 g/mol. The van der Waals surface area contributed by atoms with Crippen molar-refractivity contribution in [3.05, 3.63) is 11.6 Å². The van der Waals surface area contributed by atoms with Gasteiger partial charge in [-0.15, -0.1) is 0 Å². The van der Waals surface area contributed by atoms with Crippen LogP contribution in [0.5, 0.6) is 0 Å². The van der Waals surface area contributed by atoms with Crippen LogP contribution >= 0.6 is 0 Å². The zero-order valence-electron chi connectivity index (χ0n) is 13.3. The van der Waals surface area contributed by atoms with Gasteiger partial charge in [0.25, 0.3) is 0 Å². The predicted molar refractivity (Wildman–Crippen MR) is 78.8 cm³/mol. The van der Waals surface area contributed by atoms with E-state index in [9.17, 15) is 9.59 Å². The first-order valence-corrected chi connectivity index (χ1v) is 7.53. The van der Waals surface area contributed by atoms with E-state index < -0.39 is 0 Å². The smallest absolute Gasteiger partial charge is 0.233 e. The number of amides is 2. The normalized spacial score (nSPS) is 30.6. The van der Waals surface area contributed by atoms with Gasteiger partial charge in [0.15, 0.2) is 0 Å². The molecule has 0 spiro atoms. The summed E-state index contributed by atoms with van der Waals surface area (Å²) in [6.45, 7) is 5.66. The molecule has 112 valence electrons. The average molecular weight is 279 g/mol. The number of hydrogen-bond acceptors (Lipinski definition) is 2. The molecule has 1 unspecified atom stereocenters. The third-order valence-corrected chi connectivity index (χ3v) is 4.43. The molecular formula is C16H27N2O2+. The molecule has 0 aromatic carbocycles. The molecule has 1 aliphatic heterocycles. The van der Waals surface area contributed by atoms with Gasteiger partial charge in [0.2, 0.25) is 11.8 Å². The Morgan fingerprint density at radius 1 is 1.25 bits per heavy atom. The minimum atomic E-state index is -0.115. The van der Waals surface area contributed by atoms with Gasteiger partial charge in [0.05, 0.1) is 39.5 Å². The lowest BCUT2D eigenvalue weighted by atomic mass is 9.76. The van der Waals surface area contributed by atoms with Crippen LogP contribution in [-0.4, -0.2) is 55.4 Å². The summed E-state index contributed by atoms with van der Waals surface area (Å²) in [5.41, 5.74) is 1.24. The van der Waals surface area contributed by atoms with E-state index in [0.717, 1.165) is 23.9 Å². The average Bonchev–Trinajstić information content (AvgIpc) is 2.52. The maximum atomic E-state index is 12.5. The van der Waals surface area contributed by atoms with Crippen molar-refractivity contribution in [1.29, 1.82) is 0 Å². The van der Waals surface area contributed by atoms with Crippen LogP contribution < -0.4 is 0 Å². The zero-order valence-corrected chi connectivity index (χ0v) is 13.3. The van der Waals surface area contributed by atoms with Gasteiger partial charge in [-0.1, -0.05) is 18.6 Å². The number of imide groups is 1. The molecule has 0 radical (unpaired) electrons. The van der Waals surface area contributed by atoms with Gasteiger partial charge in [-0.3, -0.25) is 14.5 Å². The predicted octanol–water partition coefficient (Wildman–Crippen LogP) is 1.67. The quantitative estimate of drug-likeness (QED) is 0.446. The molecule has 20 heavy (non-hydrogen) atoms. The lowest BCUT2D eigenvalue weighted by Gasteiger charge is -2.25. The van der Waals surface area contributed by atoms with Gasteiger partial charge in [-0.2, -0.15) is 0 Å². The van der Waals surface area contributed by atoms with Gasteiger partial charge in [-0.25, -0.2) is 0 Å². The molecule has 2 amide bonds. The maximum Gasteiger partial charge on any atom is 0.233 e. The largest absolute Gasteiger partial charge is 0.331 e. The Kier molecular flexibility index (Phi) is 4.05.